The number of carbonyl (C=O) groups is 3. The summed E-state index contributed by atoms with van der Waals surface area (Å²) in [6.45, 7) is 1.97. The molecule has 1 aromatic carbocycles. The summed E-state index contributed by atoms with van der Waals surface area (Å²) >= 11 is 0. The van der Waals surface area contributed by atoms with Gasteiger partial charge in [-0.3, -0.25) is 9.59 Å². The van der Waals surface area contributed by atoms with Gasteiger partial charge in [-0.15, -0.1) is 0 Å². The number of aliphatic hydroxyl groups is 1. The Labute approximate surface area is 164 Å². The molecule has 1 saturated carbocycles. The second kappa shape index (κ2) is 10.6. The average Bonchev–Trinajstić information content (AvgIpc) is 2.95. The third-order valence-corrected chi connectivity index (χ3v) is 4.80. The van der Waals surface area contributed by atoms with Crippen LogP contribution in [0.4, 0.5) is 0 Å². The molecule has 0 aliphatic heterocycles. The van der Waals surface area contributed by atoms with Crippen LogP contribution in [-0.4, -0.2) is 40.1 Å². The number of hydrogen-bond donors (Lipinski definition) is 2. The van der Waals surface area contributed by atoms with E-state index in [1.165, 1.54) is 6.08 Å². The number of benzene rings is 1. The minimum atomic E-state index is -1.05. The smallest absolute Gasteiger partial charge is 0.338 e. The van der Waals surface area contributed by atoms with Gasteiger partial charge in [-0.25, -0.2) is 4.79 Å². The van der Waals surface area contributed by atoms with Crippen LogP contribution in [0.1, 0.15) is 43.0 Å². The van der Waals surface area contributed by atoms with Crippen molar-refractivity contribution >= 4 is 17.7 Å². The van der Waals surface area contributed by atoms with Crippen LogP contribution in [0.25, 0.3) is 0 Å². The van der Waals surface area contributed by atoms with E-state index in [0.717, 1.165) is 6.42 Å². The van der Waals surface area contributed by atoms with Crippen LogP contribution < -0.4 is 0 Å². The highest BCUT2D eigenvalue weighted by molar-refractivity contribution is 5.91. The number of allylic oxidation sites excluding steroid dienone is 3. The zero-order valence-electron chi connectivity index (χ0n) is 15.9. The Morgan fingerprint density at radius 2 is 1.89 bits per heavy atom. The first-order valence-corrected chi connectivity index (χ1v) is 9.44. The van der Waals surface area contributed by atoms with E-state index < -0.39 is 36.0 Å². The molecule has 1 aliphatic carbocycles. The minimum absolute atomic E-state index is 0.131. The number of esters is 1. The SMILES string of the molecule is CC/C=C\CC(=O)C=C[C@H]1[C@H](CC(=O)O)[C@H](O)C[C@@H]1OC(=O)c1ccccc1. The molecule has 0 saturated heterocycles. The molecular formula is C22H26O6. The molecule has 0 spiro atoms. The summed E-state index contributed by atoms with van der Waals surface area (Å²) in [6.07, 6.45) is 5.98. The van der Waals surface area contributed by atoms with Crippen molar-refractivity contribution in [3.63, 3.8) is 0 Å². The molecule has 4 atom stereocenters. The topological polar surface area (TPSA) is 101 Å². The first kappa shape index (κ1) is 21.6. The van der Waals surface area contributed by atoms with Gasteiger partial charge in [0.25, 0.3) is 0 Å². The van der Waals surface area contributed by atoms with Crippen molar-refractivity contribution in [2.24, 2.45) is 11.8 Å². The minimum Gasteiger partial charge on any atom is -0.481 e. The lowest BCUT2D eigenvalue weighted by molar-refractivity contribution is -0.139. The number of carboxylic acid groups (broad SMARTS) is 1. The van der Waals surface area contributed by atoms with Crippen molar-refractivity contribution in [1.29, 1.82) is 0 Å². The van der Waals surface area contributed by atoms with Gasteiger partial charge in [0.1, 0.15) is 6.10 Å². The number of ketones is 1. The highest BCUT2D eigenvalue weighted by Crippen LogP contribution is 2.38. The summed E-state index contributed by atoms with van der Waals surface area (Å²) in [5, 5.41) is 19.5. The molecule has 0 aromatic heterocycles. The molecule has 1 aliphatic rings. The molecule has 0 unspecified atom stereocenters. The number of aliphatic hydroxyl groups excluding tert-OH is 1. The van der Waals surface area contributed by atoms with Crippen LogP contribution in [0.3, 0.4) is 0 Å². The molecule has 6 nitrogen and oxygen atoms in total. The van der Waals surface area contributed by atoms with Gasteiger partial charge in [-0.1, -0.05) is 43.4 Å². The normalized spacial score (nSPS) is 24.6. The van der Waals surface area contributed by atoms with E-state index in [2.05, 4.69) is 0 Å². The molecule has 28 heavy (non-hydrogen) atoms. The molecule has 2 rings (SSSR count). The molecule has 1 fully saturated rings. The van der Waals surface area contributed by atoms with E-state index in [4.69, 9.17) is 9.84 Å². The Morgan fingerprint density at radius 3 is 2.54 bits per heavy atom. The van der Waals surface area contributed by atoms with Gasteiger partial charge in [0.2, 0.25) is 0 Å². The maximum Gasteiger partial charge on any atom is 0.338 e. The summed E-state index contributed by atoms with van der Waals surface area (Å²) in [4.78, 5) is 35.6. The summed E-state index contributed by atoms with van der Waals surface area (Å²) in [5.74, 6) is -2.88. The number of hydrogen-bond acceptors (Lipinski definition) is 5. The number of carboxylic acids is 1. The van der Waals surface area contributed by atoms with Crippen molar-refractivity contribution in [2.45, 2.75) is 44.8 Å². The standard InChI is InChI=1S/C22H26O6/c1-2-3-5-10-16(23)11-12-17-18(13-21(25)26)19(24)14-20(17)28-22(27)15-8-6-4-7-9-15/h3-9,11-12,17-20,24H,2,10,13-14H2,1H3,(H,25,26)/b5-3-,12-11?/t17-,18-,19+,20-/m0/s1. The van der Waals surface area contributed by atoms with Crippen molar-refractivity contribution in [3.8, 4) is 0 Å². The molecule has 0 heterocycles. The van der Waals surface area contributed by atoms with E-state index in [-0.39, 0.29) is 25.0 Å². The Bertz CT molecular complexity index is 737. The summed E-state index contributed by atoms with van der Waals surface area (Å²) < 4.78 is 5.55. The van der Waals surface area contributed by atoms with E-state index in [0.29, 0.717) is 5.56 Å². The molecule has 1 aromatic rings. The van der Waals surface area contributed by atoms with Crippen LogP contribution in [0, 0.1) is 11.8 Å². The number of rotatable bonds is 9. The third-order valence-electron chi connectivity index (χ3n) is 4.80. The molecule has 0 bridgehead atoms. The van der Waals surface area contributed by atoms with Crippen LogP contribution in [-0.2, 0) is 14.3 Å². The molecule has 2 N–H and O–H groups in total. The van der Waals surface area contributed by atoms with Gasteiger partial charge in [-0.05, 0) is 24.6 Å². The molecule has 0 amide bonds. The lowest BCUT2D eigenvalue weighted by Gasteiger charge is -2.21. The fourth-order valence-electron chi connectivity index (χ4n) is 3.40. The van der Waals surface area contributed by atoms with Gasteiger partial charge < -0.3 is 14.9 Å². The largest absolute Gasteiger partial charge is 0.481 e. The Morgan fingerprint density at radius 1 is 1.18 bits per heavy atom. The van der Waals surface area contributed by atoms with Crippen LogP contribution in [0.15, 0.2) is 54.6 Å². The fraction of sp³-hybridized carbons (Fsp3) is 0.409. The maximum absolute atomic E-state index is 12.4. The Hall–Kier alpha value is -2.73. The lowest BCUT2D eigenvalue weighted by atomic mass is 9.90. The lowest BCUT2D eigenvalue weighted by Crippen LogP contribution is -2.26. The highest BCUT2D eigenvalue weighted by Gasteiger charge is 2.44. The van der Waals surface area contributed by atoms with E-state index in [1.807, 2.05) is 13.0 Å². The highest BCUT2D eigenvalue weighted by atomic mass is 16.5. The summed E-state index contributed by atoms with van der Waals surface area (Å²) in [7, 11) is 0. The maximum atomic E-state index is 12.4. The molecule has 150 valence electrons. The quantitative estimate of drug-likeness (QED) is 0.384. The molecular weight excluding hydrogens is 360 g/mol. The van der Waals surface area contributed by atoms with Crippen molar-refractivity contribution in [3.05, 3.63) is 60.2 Å². The van der Waals surface area contributed by atoms with Gasteiger partial charge in [-0.2, -0.15) is 0 Å². The van der Waals surface area contributed by atoms with Crippen molar-refractivity contribution in [2.75, 3.05) is 0 Å². The predicted octanol–water partition coefficient (Wildman–Crippen LogP) is 3.17. The molecule has 6 heteroatoms. The Balaban J connectivity index is 2.14. The van der Waals surface area contributed by atoms with Crippen LogP contribution >= 0.6 is 0 Å². The van der Waals surface area contributed by atoms with Gasteiger partial charge >= 0.3 is 11.9 Å². The Kier molecular flexibility index (Phi) is 8.14. The van der Waals surface area contributed by atoms with E-state index in [9.17, 15) is 19.5 Å². The third kappa shape index (κ3) is 6.16. The second-order valence-electron chi connectivity index (χ2n) is 6.86. The summed E-state index contributed by atoms with van der Waals surface area (Å²) in [5.41, 5.74) is 0.377. The van der Waals surface area contributed by atoms with Gasteiger partial charge in [0, 0.05) is 24.7 Å². The first-order valence-electron chi connectivity index (χ1n) is 9.44. The fourth-order valence-corrected chi connectivity index (χ4v) is 3.40. The monoisotopic (exact) mass is 386 g/mol. The first-order chi connectivity index (χ1) is 13.4. The van der Waals surface area contributed by atoms with E-state index in [1.54, 1.807) is 42.5 Å². The number of carbonyl (C=O) groups excluding carboxylic acids is 2. The zero-order valence-corrected chi connectivity index (χ0v) is 15.9. The van der Waals surface area contributed by atoms with Crippen molar-refractivity contribution < 1.29 is 29.3 Å². The van der Waals surface area contributed by atoms with E-state index >= 15 is 0 Å². The van der Waals surface area contributed by atoms with Crippen LogP contribution in [0.5, 0.6) is 0 Å². The number of ether oxygens (including phenoxy) is 1. The number of aliphatic carboxylic acids is 1. The summed E-state index contributed by atoms with van der Waals surface area (Å²) in [6, 6.07) is 8.46. The zero-order chi connectivity index (χ0) is 20.5. The average molecular weight is 386 g/mol. The predicted molar refractivity (Wildman–Crippen MR) is 104 cm³/mol. The van der Waals surface area contributed by atoms with Gasteiger partial charge in [0.05, 0.1) is 18.1 Å². The second-order valence-corrected chi connectivity index (χ2v) is 6.86. The van der Waals surface area contributed by atoms with Gasteiger partial charge in [0.15, 0.2) is 5.78 Å². The molecule has 0 radical (unpaired) electrons. The van der Waals surface area contributed by atoms with Crippen molar-refractivity contribution in [1.82, 2.24) is 0 Å². The van der Waals surface area contributed by atoms with Crippen LogP contribution in [0.2, 0.25) is 0 Å².